The minimum Gasteiger partial charge on any atom is -0.481 e. The molecule has 21 heavy (non-hydrogen) atoms. The smallest absolute Gasteiger partial charge is 0.311 e. The number of rotatable bonds is 3. The van der Waals surface area contributed by atoms with Gasteiger partial charge in [-0.2, -0.15) is 0 Å². The highest BCUT2D eigenvalue weighted by molar-refractivity contribution is 5.85. The summed E-state index contributed by atoms with van der Waals surface area (Å²) in [5.41, 5.74) is -0.599. The molecule has 2 aliphatic carbocycles. The van der Waals surface area contributed by atoms with Gasteiger partial charge in [-0.25, -0.2) is 0 Å². The van der Waals surface area contributed by atoms with Gasteiger partial charge >= 0.3 is 17.9 Å². The maximum absolute atomic E-state index is 11.9. The molecule has 6 heteroatoms. The molecule has 1 N–H and O–H groups in total. The third-order valence-corrected chi connectivity index (χ3v) is 5.08. The van der Waals surface area contributed by atoms with Crippen LogP contribution in [0.4, 0.5) is 0 Å². The van der Waals surface area contributed by atoms with Gasteiger partial charge in [0.1, 0.15) is 6.10 Å². The van der Waals surface area contributed by atoms with E-state index >= 15 is 0 Å². The second-order valence-corrected chi connectivity index (χ2v) is 7.37. The van der Waals surface area contributed by atoms with E-state index in [2.05, 4.69) is 0 Å². The first-order valence-electron chi connectivity index (χ1n) is 7.32. The van der Waals surface area contributed by atoms with Gasteiger partial charge in [0.25, 0.3) is 0 Å². The molecule has 2 saturated carbocycles. The predicted molar refractivity (Wildman–Crippen MR) is 70.0 cm³/mol. The number of aliphatic carboxylic acids is 1. The number of carboxylic acid groups (broad SMARTS) is 1. The molecule has 1 saturated heterocycles. The van der Waals surface area contributed by atoms with Crippen LogP contribution in [0.5, 0.6) is 0 Å². The number of carboxylic acids is 1. The summed E-state index contributed by atoms with van der Waals surface area (Å²) in [5, 5.41) is 9.38. The number of hydrogen-bond acceptors (Lipinski definition) is 5. The highest BCUT2D eigenvalue weighted by Gasteiger charge is 2.68. The summed E-state index contributed by atoms with van der Waals surface area (Å²) < 4.78 is 10.7. The predicted octanol–water partition coefficient (Wildman–Crippen LogP) is 1.08. The Morgan fingerprint density at radius 2 is 2.00 bits per heavy atom. The van der Waals surface area contributed by atoms with Crippen molar-refractivity contribution in [1.29, 1.82) is 0 Å². The lowest BCUT2D eigenvalue weighted by molar-refractivity contribution is -0.157. The van der Waals surface area contributed by atoms with E-state index in [-0.39, 0.29) is 36.4 Å². The van der Waals surface area contributed by atoms with Crippen LogP contribution in [-0.2, 0) is 23.9 Å². The zero-order chi connectivity index (χ0) is 15.5. The van der Waals surface area contributed by atoms with E-state index in [1.165, 1.54) is 0 Å². The Kier molecular flexibility index (Phi) is 3.04. The molecule has 2 bridgehead atoms. The van der Waals surface area contributed by atoms with Gasteiger partial charge < -0.3 is 14.6 Å². The van der Waals surface area contributed by atoms with Crippen molar-refractivity contribution in [3.63, 3.8) is 0 Å². The van der Waals surface area contributed by atoms with Crippen molar-refractivity contribution in [2.45, 2.75) is 33.3 Å². The summed E-state index contributed by atoms with van der Waals surface area (Å²) in [4.78, 5) is 35.2. The van der Waals surface area contributed by atoms with Crippen molar-refractivity contribution >= 4 is 17.9 Å². The SMILES string of the molecule is CC(C)(C)C(=O)OCC1C2CC3C1OC(=O)C3C2C(=O)O. The van der Waals surface area contributed by atoms with Gasteiger partial charge in [0.2, 0.25) is 0 Å². The second kappa shape index (κ2) is 4.45. The van der Waals surface area contributed by atoms with Crippen LogP contribution in [0.25, 0.3) is 0 Å². The molecular formula is C15H20O6. The second-order valence-electron chi connectivity index (χ2n) is 7.37. The van der Waals surface area contributed by atoms with Crippen molar-refractivity contribution in [2.24, 2.45) is 35.0 Å². The van der Waals surface area contributed by atoms with Crippen LogP contribution in [0.2, 0.25) is 0 Å². The van der Waals surface area contributed by atoms with Crippen molar-refractivity contribution in [3.05, 3.63) is 0 Å². The Bertz CT molecular complexity index is 505. The number of ether oxygens (including phenoxy) is 2. The highest BCUT2D eigenvalue weighted by Crippen LogP contribution is 2.60. The van der Waals surface area contributed by atoms with Crippen molar-refractivity contribution in [2.75, 3.05) is 6.61 Å². The Morgan fingerprint density at radius 1 is 1.33 bits per heavy atom. The summed E-state index contributed by atoms with van der Waals surface area (Å²) in [6.07, 6.45) is 0.395. The molecule has 0 spiro atoms. The van der Waals surface area contributed by atoms with Crippen LogP contribution >= 0.6 is 0 Å². The summed E-state index contributed by atoms with van der Waals surface area (Å²) in [6.45, 7) is 5.43. The average Bonchev–Trinajstić information content (AvgIpc) is 2.95. The molecule has 0 amide bonds. The third kappa shape index (κ3) is 2.03. The van der Waals surface area contributed by atoms with Gasteiger partial charge in [-0.05, 0) is 33.1 Å². The number of carbonyl (C=O) groups excluding carboxylic acids is 2. The number of hydrogen-bond donors (Lipinski definition) is 1. The topological polar surface area (TPSA) is 89.9 Å². The van der Waals surface area contributed by atoms with Gasteiger partial charge in [0.05, 0.1) is 23.9 Å². The van der Waals surface area contributed by atoms with Crippen LogP contribution < -0.4 is 0 Å². The van der Waals surface area contributed by atoms with E-state index in [0.29, 0.717) is 6.42 Å². The molecule has 6 atom stereocenters. The molecule has 3 fully saturated rings. The Labute approximate surface area is 122 Å². The molecule has 116 valence electrons. The van der Waals surface area contributed by atoms with E-state index in [0.717, 1.165) is 0 Å². The minimum atomic E-state index is -0.947. The molecule has 0 aromatic heterocycles. The van der Waals surface area contributed by atoms with Gasteiger partial charge in [0.15, 0.2) is 0 Å². The largest absolute Gasteiger partial charge is 0.481 e. The summed E-state index contributed by atoms with van der Waals surface area (Å²) in [6, 6.07) is 0. The summed E-state index contributed by atoms with van der Waals surface area (Å²) in [5.74, 6) is -3.22. The quantitative estimate of drug-likeness (QED) is 0.784. The standard InChI is InChI=1S/C15H20O6/c1-15(2,3)14(19)20-5-8-6-4-7-10(9(6)12(16)17)13(18)21-11(7)8/h6-11H,4-5H2,1-3H3,(H,16,17). The Morgan fingerprint density at radius 3 is 2.57 bits per heavy atom. The van der Waals surface area contributed by atoms with E-state index < -0.39 is 29.2 Å². The molecule has 6 nitrogen and oxygen atoms in total. The lowest BCUT2D eigenvalue weighted by atomic mass is 9.74. The highest BCUT2D eigenvalue weighted by atomic mass is 16.6. The average molecular weight is 296 g/mol. The molecule has 3 aliphatic rings. The Hall–Kier alpha value is -1.59. The van der Waals surface area contributed by atoms with Gasteiger partial charge in [-0.3, -0.25) is 14.4 Å². The first-order valence-corrected chi connectivity index (χ1v) is 7.32. The van der Waals surface area contributed by atoms with E-state index in [9.17, 15) is 19.5 Å². The molecule has 0 radical (unpaired) electrons. The van der Waals surface area contributed by atoms with Crippen molar-refractivity contribution in [3.8, 4) is 0 Å². The van der Waals surface area contributed by atoms with Crippen LogP contribution in [0.3, 0.4) is 0 Å². The number of carbonyl (C=O) groups is 3. The summed E-state index contributed by atoms with van der Waals surface area (Å²) >= 11 is 0. The van der Waals surface area contributed by atoms with Gasteiger partial charge in [-0.1, -0.05) is 0 Å². The lowest BCUT2D eigenvalue weighted by Crippen LogP contribution is -2.40. The van der Waals surface area contributed by atoms with Crippen molar-refractivity contribution < 1.29 is 29.0 Å². The van der Waals surface area contributed by atoms with Gasteiger partial charge in [-0.15, -0.1) is 0 Å². The van der Waals surface area contributed by atoms with Crippen LogP contribution in [0, 0.1) is 35.0 Å². The monoisotopic (exact) mass is 296 g/mol. The number of esters is 2. The fraction of sp³-hybridized carbons (Fsp3) is 0.800. The fourth-order valence-corrected chi connectivity index (χ4v) is 4.13. The molecule has 0 aromatic carbocycles. The first kappa shape index (κ1) is 14.4. The van der Waals surface area contributed by atoms with Gasteiger partial charge in [0, 0.05) is 11.8 Å². The molecule has 6 unspecified atom stereocenters. The maximum atomic E-state index is 11.9. The van der Waals surface area contributed by atoms with E-state index in [4.69, 9.17) is 9.47 Å². The van der Waals surface area contributed by atoms with Crippen molar-refractivity contribution in [1.82, 2.24) is 0 Å². The molecule has 1 aliphatic heterocycles. The maximum Gasteiger partial charge on any atom is 0.311 e. The zero-order valence-corrected chi connectivity index (χ0v) is 12.4. The molecule has 3 rings (SSSR count). The molecule has 0 aromatic rings. The zero-order valence-electron chi connectivity index (χ0n) is 12.4. The van der Waals surface area contributed by atoms with E-state index in [1.807, 2.05) is 0 Å². The van der Waals surface area contributed by atoms with Crippen LogP contribution in [0.1, 0.15) is 27.2 Å². The Balaban J connectivity index is 1.75. The molecule has 1 heterocycles. The van der Waals surface area contributed by atoms with Crippen LogP contribution in [0.15, 0.2) is 0 Å². The van der Waals surface area contributed by atoms with E-state index in [1.54, 1.807) is 20.8 Å². The first-order chi connectivity index (χ1) is 9.71. The normalized spacial score (nSPS) is 40.2. The lowest BCUT2D eigenvalue weighted by Gasteiger charge is -2.30. The fourth-order valence-electron chi connectivity index (χ4n) is 4.13. The molecular weight excluding hydrogens is 276 g/mol. The number of fused-ring (bicyclic) bond motifs is 1. The minimum absolute atomic E-state index is 0.0260. The third-order valence-electron chi connectivity index (χ3n) is 5.08. The summed E-state index contributed by atoms with van der Waals surface area (Å²) in [7, 11) is 0. The van der Waals surface area contributed by atoms with Crippen LogP contribution in [-0.4, -0.2) is 35.7 Å².